The van der Waals surface area contributed by atoms with Gasteiger partial charge in [-0.15, -0.1) is 0 Å². The summed E-state index contributed by atoms with van der Waals surface area (Å²) in [5.41, 5.74) is 5.24. The summed E-state index contributed by atoms with van der Waals surface area (Å²) in [4.78, 5) is 12.5. The van der Waals surface area contributed by atoms with E-state index in [1.807, 2.05) is 30.3 Å². The summed E-state index contributed by atoms with van der Waals surface area (Å²) in [6, 6.07) is 29.5. The lowest BCUT2D eigenvalue weighted by Crippen LogP contribution is -2.55. The van der Waals surface area contributed by atoms with E-state index < -0.39 is 0 Å². The Morgan fingerprint density at radius 2 is 1.19 bits per heavy atom. The van der Waals surface area contributed by atoms with Crippen molar-refractivity contribution in [1.82, 2.24) is 0 Å². The molecule has 4 aliphatic carbocycles. The van der Waals surface area contributed by atoms with E-state index in [2.05, 4.69) is 59.9 Å². The number of hydrogen-bond donors (Lipinski definition) is 1. The van der Waals surface area contributed by atoms with Crippen LogP contribution in [0.2, 0.25) is 0 Å². The number of anilines is 1. The maximum Gasteiger partial charge on any atom is 0.255 e. The molecular weight excluding hydrogens is 378 g/mol. The molecular formula is C29H29NO. The molecule has 156 valence electrons. The zero-order valence-corrected chi connectivity index (χ0v) is 17.9. The van der Waals surface area contributed by atoms with Crippen LogP contribution < -0.4 is 5.32 Å². The molecule has 1 N–H and O–H groups in total. The second-order valence-corrected chi connectivity index (χ2v) is 10.3. The maximum atomic E-state index is 12.5. The zero-order valence-electron chi connectivity index (χ0n) is 17.9. The van der Waals surface area contributed by atoms with E-state index in [4.69, 9.17) is 0 Å². The molecule has 0 aliphatic heterocycles. The molecule has 1 amide bonds. The molecule has 0 aromatic heterocycles. The Kier molecular flexibility index (Phi) is 4.31. The van der Waals surface area contributed by atoms with Gasteiger partial charge in [-0.2, -0.15) is 0 Å². The van der Waals surface area contributed by atoms with Crippen LogP contribution in [0, 0.1) is 11.8 Å². The second kappa shape index (κ2) is 7.09. The largest absolute Gasteiger partial charge is 0.322 e. The van der Waals surface area contributed by atoms with Crippen LogP contribution in [0.3, 0.4) is 0 Å². The fraction of sp³-hybridized carbons (Fsp3) is 0.345. The lowest BCUT2D eigenvalue weighted by molar-refractivity contribution is -0.0281. The lowest BCUT2D eigenvalue weighted by Gasteiger charge is -2.62. The van der Waals surface area contributed by atoms with Gasteiger partial charge in [-0.25, -0.2) is 0 Å². The minimum atomic E-state index is -0.0498. The van der Waals surface area contributed by atoms with Crippen molar-refractivity contribution in [3.63, 3.8) is 0 Å². The third-order valence-corrected chi connectivity index (χ3v) is 8.24. The number of amides is 1. The Bertz CT molecular complexity index is 1070. The molecule has 0 spiro atoms. The second-order valence-electron chi connectivity index (χ2n) is 10.3. The van der Waals surface area contributed by atoms with Crippen molar-refractivity contribution >= 4 is 11.6 Å². The highest BCUT2D eigenvalue weighted by Crippen LogP contribution is 2.66. The summed E-state index contributed by atoms with van der Waals surface area (Å²) in [6.45, 7) is 0. The number of carbonyl (C=O) groups excluding carboxylic acids is 1. The zero-order chi connectivity index (χ0) is 20.9. The minimum Gasteiger partial charge on any atom is -0.322 e. The topological polar surface area (TPSA) is 29.1 Å². The monoisotopic (exact) mass is 407 g/mol. The van der Waals surface area contributed by atoms with E-state index in [9.17, 15) is 4.79 Å². The van der Waals surface area contributed by atoms with Crippen molar-refractivity contribution in [3.8, 4) is 0 Å². The molecule has 0 saturated heterocycles. The molecule has 4 bridgehead atoms. The van der Waals surface area contributed by atoms with Crippen molar-refractivity contribution < 1.29 is 4.79 Å². The van der Waals surface area contributed by atoms with Gasteiger partial charge in [0.15, 0.2) is 0 Å². The van der Waals surface area contributed by atoms with Crippen LogP contribution >= 0.6 is 0 Å². The molecule has 4 fully saturated rings. The Hall–Kier alpha value is -2.87. The highest BCUT2D eigenvalue weighted by atomic mass is 16.1. The first kappa shape index (κ1) is 18.9. The van der Waals surface area contributed by atoms with Gasteiger partial charge in [0, 0.05) is 11.3 Å². The average Bonchev–Trinajstić information content (AvgIpc) is 2.80. The van der Waals surface area contributed by atoms with Crippen molar-refractivity contribution in [2.45, 2.75) is 49.4 Å². The number of carbonyl (C=O) groups is 1. The smallest absolute Gasteiger partial charge is 0.255 e. The first-order valence-electron chi connectivity index (χ1n) is 11.7. The van der Waals surface area contributed by atoms with Crippen molar-refractivity contribution in [2.24, 2.45) is 11.8 Å². The van der Waals surface area contributed by atoms with E-state index in [0.717, 1.165) is 17.5 Å². The van der Waals surface area contributed by atoms with Gasteiger partial charge in [0.1, 0.15) is 0 Å². The molecule has 0 heterocycles. The van der Waals surface area contributed by atoms with E-state index in [1.54, 1.807) is 5.56 Å². The first-order valence-corrected chi connectivity index (χ1v) is 11.7. The Balaban J connectivity index is 1.28. The molecule has 2 unspecified atom stereocenters. The lowest BCUT2D eigenvalue weighted by atomic mass is 9.42. The van der Waals surface area contributed by atoms with Crippen molar-refractivity contribution in [3.05, 3.63) is 102 Å². The van der Waals surface area contributed by atoms with Gasteiger partial charge < -0.3 is 5.32 Å². The molecule has 3 aromatic rings. The average molecular weight is 408 g/mol. The molecule has 3 aromatic carbocycles. The third kappa shape index (κ3) is 3.20. The highest BCUT2D eigenvalue weighted by Gasteiger charge is 2.58. The molecule has 4 saturated carbocycles. The van der Waals surface area contributed by atoms with E-state index in [-0.39, 0.29) is 5.91 Å². The quantitative estimate of drug-likeness (QED) is 0.510. The molecule has 2 heteroatoms. The van der Waals surface area contributed by atoms with Gasteiger partial charge in [-0.05, 0) is 96.6 Å². The summed E-state index contributed by atoms with van der Waals surface area (Å²) in [5, 5.41) is 3.05. The van der Waals surface area contributed by atoms with Gasteiger partial charge in [0.05, 0.1) is 0 Å². The predicted molar refractivity (Wildman–Crippen MR) is 125 cm³/mol. The SMILES string of the molecule is O=C(Nc1ccc(C23C[C@@H]4C[C@@H](CC(c5ccccc5)(C4)C2)C3)cc1)c1ccccc1. The number of nitrogens with one attached hydrogen (secondary N) is 1. The molecule has 7 rings (SSSR count). The van der Waals surface area contributed by atoms with Gasteiger partial charge in [-0.1, -0.05) is 60.7 Å². The number of rotatable bonds is 4. The number of benzene rings is 3. The maximum absolute atomic E-state index is 12.5. The fourth-order valence-electron chi connectivity index (χ4n) is 7.43. The summed E-state index contributed by atoms with van der Waals surface area (Å²) in [5.74, 6) is 1.64. The fourth-order valence-corrected chi connectivity index (χ4v) is 7.43. The molecule has 4 atom stereocenters. The summed E-state index contributed by atoms with van der Waals surface area (Å²) >= 11 is 0. The van der Waals surface area contributed by atoms with Gasteiger partial charge in [-0.3, -0.25) is 4.79 Å². The summed E-state index contributed by atoms with van der Waals surface area (Å²) < 4.78 is 0. The predicted octanol–water partition coefficient (Wildman–Crippen LogP) is 6.73. The van der Waals surface area contributed by atoms with Gasteiger partial charge in [0.2, 0.25) is 0 Å². The molecule has 2 nitrogen and oxygen atoms in total. The Labute approximate surface area is 184 Å². The van der Waals surface area contributed by atoms with E-state index >= 15 is 0 Å². The van der Waals surface area contributed by atoms with Crippen LogP contribution in [0.1, 0.15) is 60.0 Å². The third-order valence-electron chi connectivity index (χ3n) is 8.24. The van der Waals surface area contributed by atoms with Crippen LogP contribution in [0.15, 0.2) is 84.9 Å². The standard InChI is InChI=1S/C29H29NO/c31-27(23-7-3-1-4-8-23)30-26-13-11-25(12-14-26)29-18-21-15-22(19-29)17-28(16-21,20-29)24-9-5-2-6-10-24/h1-14,21-22H,15-20H2,(H,30,31)/t21-,22+,28?,29?. The first-order chi connectivity index (χ1) is 15.1. The van der Waals surface area contributed by atoms with Crippen LogP contribution in [0.25, 0.3) is 0 Å². The van der Waals surface area contributed by atoms with E-state index in [1.165, 1.54) is 44.1 Å². The van der Waals surface area contributed by atoms with Gasteiger partial charge >= 0.3 is 0 Å². The van der Waals surface area contributed by atoms with Crippen LogP contribution in [0.4, 0.5) is 5.69 Å². The van der Waals surface area contributed by atoms with Gasteiger partial charge in [0.25, 0.3) is 5.91 Å². The summed E-state index contributed by atoms with van der Waals surface area (Å²) in [7, 11) is 0. The van der Waals surface area contributed by atoms with Crippen LogP contribution in [-0.2, 0) is 10.8 Å². The molecule has 31 heavy (non-hydrogen) atoms. The Morgan fingerprint density at radius 3 is 1.77 bits per heavy atom. The van der Waals surface area contributed by atoms with Crippen LogP contribution in [-0.4, -0.2) is 5.91 Å². The Morgan fingerprint density at radius 1 is 0.677 bits per heavy atom. The molecule has 4 aliphatic rings. The number of hydrogen-bond acceptors (Lipinski definition) is 1. The van der Waals surface area contributed by atoms with E-state index in [0.29, 0.717) is 16.4 Å². The minimum absolute atomic E-state index is 0.0498. The van der Waals surface area contributed by atoms with Crippen LogP contribution in [0.5, 0.6) is 0 Å². The van der Waals surface area contributed by atoms with Crippen molar-refractivity contribution in [2.75, 3.05) is 5.32 Å². The van der Waals surface area contributed by atoms with Crippen molar-refractivity contribution in [1.29, 1.82) is 0 Å². The molecule has 0 radical (unpaired) electrons. The summed E-state index contributed by atoms with van der Waals surface area (Å²) in [6.07, 6.45) is 8.07. The normalized spacial score (nSPS) is 30.8. The highest BCUT2D eigenvalue weighted by molar-refractivity contribution is 6.04.